The van der Waals surface area contributed by atoms with Crippen molar-refractivity contribution in [1.82, 2.24) is 9.88 Å². The number of thiazole rings is 1. The van der Waals surface area contributed by atoms with Crippen LogP contribution < -0.4 is 11.3 Å². The first kappa shape index (κ1) is 14.4. The second-order valence-corrected chi connectivity index (χ2v) is 5.40. The summed E-state index contributed by atoms with van der Waals surface area (Å²) >= 11 is 1.63. The van der Waals surface area contributed by atoms with Gasteiger partial charge in [0.1, 0.15) is 0 Å². The van der Waals surface area contributed by atoms with Crippen LogP contribution in [0.15, 0.2) is 6.20 Å². The van der Waals surface area contributed by atoms with Crippen LogP contribution in [-0.4, -0.2) is 23.0 Å². The lowest BCUT2D eigenvalue weighted by Crippen LogP contribution is -2.28. The first-order valence-electron chi connectivity index (χ1n) is 6.37. The summed E-state index contributed by atoms with van der Waals surface area (Å²) in [5.41, 5.74) is 2.59. The summed E-state index contributed by atoms with van der Waals surface area (Å²) in [6.07, 6.45) is 4.42. The first-order valence-corrected chi connectivity index (χ1v) is 7.18. The summed E-state index contributed by atoms with van der Waals surface area (Å²) in [6, 6.07) is 0. The zero-order chi connectivity index (χ0) is 12.7. The van der Waals surface area contributed by atoms with Crippen LogP contribution in [0.4, 0.5) is 5.13 Å². The lowest BCUT2D eigenvalue weighted by Gasteiger charge is -2.24. The monoisotopic (exact) mass is 256 g/mol. The van der Waals surface area contributed by atoms with E-state index in [0.717, 1.165) is 24.1 Å². The molecule has 4 nitrogen and oxygen atoms in total. The average molecular weight is 256 g/mol. The van der Waals surface area contributed by atoms with Crippen molar-refractivity contribution in [2.24, 2.45) is 11.8 Å². The van der Waals surface area contributed by atoms with Gasteiger partial charge in [0, 0.05) is 24.2 Å². The van der Waals surface area contributed by atoms with E-state index in [2.05, 4.69) is 36.1 Å². The number of nitrogens with zero attached hydrogens (tertiary/aromatic N) is 2. The van der Waals surface area contributed by atoms with E-state index in [1.165, 1.54) is 24.3 Å². The molecule has 1 aromatic heterocycles. The van der Waals surface area contributed by atoms with Gasteiger partial charge in [-0.2, -0.15) is 0 Å². The molecule has 0 aromatic carbocycles. The maximum absolute atomic E-state index is 5.33. The first-order chi connectivity index (χ1) is 8.23. The molecule has 98 valence electrons. The number of aromatic nitrogens is 1. The van der Waals surface area contributed by atoms with Crippen LogP contribution in [0, 0.1) is 5.92 Å². The Morgan fingerprint density at radius 2 is 2.12 bits per heavy atom. The molecule has 0 radical (unpaired) electrons. The number of rotatable bonds is 8. The predicted molar refractivity (Wildman–Crippen MR) is 74.9 cm³/mol. The van der Waals surface area contributed by atoms with Crippen LogP contribution in [0.3, 0.4) is 0 Å². The van der Waals surface area contributed by atoms with Crippen molar-refractivity contribution in [1.29, 1.82) is 0 Å². The lowest BCUT2D eigenvalue weighted by molar-refractivity contribution is 0.228. The Balaban J connectivity index is 2.50. The summed E-state index contributed by atoms with van der Waals surface area (Å²) in [6.45, 7) is 9.99. The number of nitrogens with one attached hydrogen (secondary N) is 1. The number of hydrogen-bond acceptors (Lipinski definition) is 5. The molecular formula is C12H24N4S. The van der Waals surface area contributed by atoms with Gasteiger partial charge in [0.05, 0.1) is 0 Å². The highest BCUT2D eigenvalue weighted by molar-refractivity contribution is 7.15. The number of hydrogen-bond donors (Lipinski definition) is 2. The zero-order valence-corrected chi connectivity index (χ0v) is 11.9. The van der Waals surface area contributed by atoms with Gasteiger partial charge in [-0.15, -0.1) is 0 Å². The Labute approximate surface area is 108 Å². The van der Waals surface area contributed by atoms with Gasteiger partial charge in [-0.05, 0) is 12.5 Å². The van der Waals surface area contributed by atoms with Gasteiger partial charge in [0.2, 0.25) is 0 Å². The quantitative estimate of drug-likeness (QED) is 0.554. The van der Waals surface area contributed by atoms with Crippen LogP contribution in [-0.2, 0) is 6.54 Å². The summed E-state index contributed by atoms with van der Waals surface area (Å²) in [4.78, 5) is 7.94. The molecule has 3 N–H and O–H groups in total. The highest BCUT2D eigenvalue weighted by Crippen LogP contribution is 2.19. The second-order valence-electron chi connectivity index (χ2n) is 4.29. The summed E-state index contributed by atoms with van der Waals surface area (Å²) in [5.74, 6) is 6.14. The van der Waals surface area contributed by atoms with Crippen molar-refractivity contribution in [3.8, 4) is 0 Å². The van der Waals surface area contributed by atoms with E-state index >= 15 is 0 Å². The lowest BCUT2D eigenvalue weighted by atomic mass is 10.0. The van der Waals surface area contributed by atoms with Gasteiger partial charge in [0.25, 0.3) is 0 Å². The van der Waals surface area contributed by atoms with Gasteiger partial charge in [-0.1, -0.05) is 44.9 Å². The summed E-state index contributed by atoms with van der Waals surface area (Å²) in [5, 5.41) is 0.790. The smallest absolute Gasteiger partial charge is 0.197 e. The topological polar surface area (TPSA) is 54.2 Å². The Kier molecular flexibility index (Phi) is 6.47. The highest BCUT2D eigenvalue weighted by atomic mass is 32.1. The van der Waals surface area contributed by atoms with Crippen molar-refractivity contribution >= 4 is 16.5 Å². The van der Waals surface area contributed by atoms with Gasteiger partial charge in [-0.3, -0.25) is 10.3 Å². The van der Waals surface area contributed by atoms with Gasteiger partial charge in [-0.25, -0.2) is 10.8 Å². The predicted octanol–water partition coefficient (Wildman–Crippen LogP) is 2.69. The van der Waals surface area contributed by atoms with Gasteiger partial charge >= 0.3 is 0 Å². The molecule has 0 aliphatic rings. The molecular weight excluding hydrogens is 232 g/mol. The minimum Gasteiger partial charge on any atom is -0.300 e. The van der Waals surface area contributed by atoms with E-state index in [9.17, 15) is 0 Å². The van der Waals surface area contributed by atoms with Crippen LogP contribution >= 0.6 is 11.3 Å². The van der Waals surface area contributed by atoms with Crippen molar-refractivity contribution in [3.05, 3.63) is 11.1 Å². The standard InChI is InChI=1S/C12H24N4S/c1-4-10(5-2)8-16(6-3)9-11-7-14-12(15-13)17-11/h7,10H,4-6,8-9,13H2,1-3H3,(H,14,15). The third-order valence-corrected chi connectivity index (χ3v) is 4.09. The summed E-state index contributed by atoms with van der Waals surface area (Å²) < 4.78 is 0. The molecule has 0 saturated carbocycles. The molecule has 0 bridgehead atoms. The number of nitrogen functional groups attached to an aromatic ring is 1. The molecule has 0 fully saturated rings. The van der Waals surface area contributed by atoms with Crippen molar-refractivity contribution in [2.75, 3.05) is 18.5 Å². The minimum absolute atomic E-state index is 0.790. The molecule has 1 aromatic rings. The van der Waals surface area contributed by atoms with Gasteiger partial charge in [0.15, 0.2) is 5.13 Å². The number of anilines is 1. The average Bonchev–Trinajstić information content (AvgIpc) is 2.82. The van der Waals surface area contributed by atoms with E-state index in [-0.39, 0.29) is 0 Å². The fourth-order valence-corrected chi connectivity index (χ4v) is 2.65. The minimum atomic E-state index is 0.790. The van der Waals surface area contributed by atoms with E-state index < -0.39 is 0 Å². The normalized spacial score (nSPS) is 11.4. The van der Waals surface area contributed by atoms with Crippen LogP contribution in [0.2, 0.25) is 0 Å². The third kappa shape index (κ3) is 4.61. The Bertz CT molecular complexity index is 309. The zero-order valence-electron chi connectivity index (χ0n) is 11.1. The van der Waals surface area contributed by atoms with Crippen LogP contribution in [0.5, 0.6) is 0 Å². The van der Waals surface area contributed by atoms with E-state index in [1.54, 1.807) is 11.3 Å². The number of nitrogens with two attached hydrogens (primary N) is 1. The van der Waals surface area contributed by atoms with Crippen molar-refractivity contribution in [2.45, 2.75) is 40.2 Å². The Hall–Kier alpha value is -0.650. The largest absolute Gasteiger partial charge is 0.300 e. The SMILES string of the molecule is CCC(CC)CN(CC)Cc1cnc(NN)s1. The van der Waals surface area contributed by atoms with Crippen molar-refractivity contribution < 1.29 is 0 Å². The Morgan fingerprint density at radius 3 is 2.59 bits per heavy atom. The molecule has 0 spiro atoms. The van der Waals surface area contributed by atoms with Crippen molar-refractivity contribution in [3.63, 3.8) is 0 Å². The van der Waals surface area contributed by atoms with Crippen LogP contribution in [0.1, 0.15) is 38.5 Å². The molecule has 0 aliphatic heterocycles. The van der Waals surface area contributed by atoms with E-state index in [0.29, 0.717) is 0 Å². The fourth-order valence-electron chi connectivity index (χ4n) is 1.89. The fraction of sp³-hybridized carbons (Fsp3) is 0.750. The molecule has 1 rings (SSSR count). The highest BCUT2D eigenvalue weighted by Gasteiger charge is 2.11. The maximum atomic E-state index is 5.33. The maximum Gasteiger partial charge on any atom is 0.197 e. The molecule has 1 heterocycles. The number of hydrazine groups is 1. The molecule has 0 aliphatic carbocycles. The van der Waals surface area contributed by atoms with E-state index in [4.69, 9.17) is 5.84 Å². The Morgan fingerprint density at radius 1 is 1.41 bits per heavy atom. The third-order valence-electron chi connectivity index (χ3n) is 3.17. The molecule has 0 amide bonds. The molecule has 17 heavy (non-hydrogen) atoms. The molecule has 5 heteroatoms. The summed E-state index contributed by atoms with van der Waals surface area (Å²) in [7, 11) is 0. The molecule has 0 saturated heterocycles. The second kappa shape index (κ2) is 7.63. The van der Waals surface area contributed by atoms with Gasteiger partial charge < -0.3 is 0 Å². The van der Waals surface area contributed by atoms with E-state index in [1.807, 2.05) is 6.20 Å². The molecule has 0 atom stereocenters. The van der Waals surface area contributed by atoms with Crippen LogP contribution in [0.25, 0.3) is 0 Å². The molecule has 0 unspecified atom stereocenters.